The van der Waals surface area contributed by atoms with Gasteiger partial charge in [0, 0.05) is 18.8 Å². The number of aliphatic hydroxyl groups is 1. The van der Waals surface area contributed by atoms with Crippen molar-refractivity contribution >= 4 is 34.3 Å². The number of allylic oxidation sites excluding steroid dienone is 3. The smallest absolute Gasteiger partial charge is 0.260 e. The van der Waals surface area contributed by atoms with Gasteiger partial charge in [-0.2, -0.15) is 0 Å². The first-order chi connectivity index (χ1) is 12.0. The van der Waals surface area contributed by atoms with Crippen molar-refractivity contribution in [1.82, 2.24) is 14.5 Å². The Kier molecular flexibility index (Phi) is 4.87. The molecule has 25 heavy (non-hydrogen) atoms. The van der Waals surface area contributed by atoms with Crippen molar-refractivity contribution in [2.24, 2.45) is 4.99 Å². The lowest BCUT2D eigenvalue weighted by molar-refractivity contribution is -0.109. The number of hydrogen-bond donors (Lipinski definition) is 1. The van der Waals surface area contributed by atoms with Crippen LogP contribution >= 0.6 is 11.6 Å². The molecule has 0 aromatic carbocycles. The summed E-state index contributed by atoms with van der Waals surface area (Å²) in [7, 11) is 3.89. The molecule has 2 heterocycles. The van der Waals surface area contributed by atoms with Gasteiger partial charge in [-0.15, -0.1) is 5.10 Å². The van der Waals surface area contributed by atoms with Gasteiger partial charge in [0.25, 0.3) is 5.88 Å². The molecule has 0 bridgehead atoms. The van der Waals surface area contributed by atoms with Crippen LogP contribution in [-0.2, 0) is 4.79 Å². The topological polar surface area (TPSA) is 79.4 Å². The number of aliphatic imine (C=N–C) groups is 1. The average Bonchev–Trinajstić information content (AvgIpc) is 2.90. The number of pyridine rings is 1. The van der Waals surface area contributed by atoms with Crippen molar-refractivity contribution in [3.63, 3.8) is 0 Å². The van der Waals surface area contributed by atoms with Crippen LogP contribution in [0.5, 0.6) is 5.88 Å². The molecule has 130 valence electrons. The largest absolute Gasteiger partial charge is 0.506 e. The van der Waals surface area contributed by atoms with Gasteiger partial charge in [0.2, 0.25) is 5.78 Å². The van der Waals surface area contributed by atoms with Crippen molar-refractivity contribution < 1.29 is 14.6 Å². The molecule has 2 aromatic heterocycles. The fraction of sp³-hybridized carbons (Fsp3) is 0.235. The molecule has 2 aromatic rings. The second-order valence-corrected chi connectivity index (χ2v) is 6.13. The van der Waals surface area contributed by atoms with E-state index < -0.39 is 5.78 Å². The van der Waals surface area contributed by atoms with E-state index in [-0.39, 0.29) is 16.5 Å². The first kappa shape index (κ1) is 17.2. The van der Waals surface area contributed by atoms with Crippen LogP contribution in [-0.4, -0.2) is 58.4 Å². The Morgan fingerprint density at radius 1 is 1.36 bits per heavy atom. The van der Waals surface area contributed by atoms with E-state index in [1.807, 2.05) is 37.2 Å². The fourth-order valence-electron chi connectivity index (χ4n) is 2.23. The van der Waals surface area contributed by atoms with Crippen LogP contribution in [0.15, 0.2) is 52.3 Å². The lowest BCUT2D eigenvalue weighted by atomic mass is 10.1. The minimum Gasteiger partial charge on any atom is -0.506 e. The third kappa shape index (κ3) is 3.72. The molecule has 0 fully saturated rings. The molecular formula is C17H17ClN4O3. The molecule has 1 aliphatic rings. The summed E-state index contributed by atoms with van der Waals surface area (Å²) in [6.45, 7) is 1.14. The third-order valence-electron chi connectivity index (χ3n) is 3.52. The first-order valence-corrected chi connectivity index (χ1v) is 7.99. The molecule has 7 nitrogen and oxygen atoms in total. The van der Waals surface area contributed by atoms with Crippen LogP contribution in [0, 0.1) is 0 Å². The molecule has 0 saturated heterocycles. The molecule has 0 saturated carbocycles. The number of rotatable bonds is 5. The number of hydrogen-bond acceptors (Lipinski definition) is 6. The van der Waals surface area contributed by atoms with E-state index in [9.17, 15) is 9.90 Å². The van der Waals surface area contributed by atoms with E-state index in [1.54, 1.807) is 10.7 Å². The maximum atomic E-state index is 12.1. The van der Waals surface area contributed by atoms with Crippen LogP contribution in [0.1, 0.15) is 0 Å². The minimum absolute atomic E-state index is 0.0601. The molecule has 0 amide bonds. The Balaban J connectivity index is 2.02. The molecule has 0 atom stereocenters. The summed E-state index contributed by atoms with van der Waals surface area (Å²) in [5.41, 5.74) is 1.25. The number of fused-ring (bicyclic) bond motifs is 1. The number of carbonyl (C=O) groups is 1. The molecule has 0 spiro atoms. The molecule has 3 rings (SSSR count). The number of ketones is 1. The highest BCUT2D eigenvalue weighted by atomic mass is 35.5. The van der Waals surface area contributed by atoms with Crippen molar-refractivity contribution in [2.45, 2.75) is 0 Å². The molecule has 0 unspecified atom stereocenters. The third-order valence-corrected chi connectivity index (χ3v) is 3.82. The highest BCUT2D eigenvalue weighted by Crippen LogP contribution is 2.32. The van der Waals surface area contributed by atoms with Crippen LogP contribution < -0.4 is 4.74 Å². The number of aliphatic hydroxyl groups excluding tert-OH is 1. The molecule has 1 aliphatic carbocycles. The molecule has 0 radical (unpaired) electrons. The first-order valence-electron chi connectivity index (χ1n) is 7.62. The zero-order chi connectivity index (χ0) is 18.0. The van der Waals surface area contributed by atoms with E-state index in [4.69, 9.17) is 16.3 Å². The summed E-state index contributed by atoms with van der Waals surface area (Å²) in [6.07, 6.45) is 4.14. The summed E-state index contributed by atoms with van der Waals surface area (Å²) in [5, 5.41) is 14.0. The summed E-state index contributed by atoms with van der Waals surface area (Å²) < 4.78 is 7.38. The van der Waals surface area contributed by atoms with E-state index in [1.165, 1.54) is 6.08 Å². The second-order valence-electron chi connectivity index (χ2n) is 5.72. The summed E-state index contributed by atoms with van der Waals surface area (Å²) >= 11 is 5.90. The van der Waals surface area contributed by atoms with Crippen molar-refractivity contribution in [2.75, 3.05) is 27.2 Å². The maximum absolute atomic E-state index is 12.1. The summed E-state index contributed by atoms with van der Waals surface area (Å²) in [5.74, 6) is -0.374. The maximum Gasteiger partial charge on any atom is 0.260 e. The summed E-state index contributed by atoms with van der Waals surface area (Å²) in [4.78, 5) is 18.5. The molecular weight excluding hydrogens is 344 g/mol. The number of halogens is 1. The van der Waals surface area contributed by atoms with Crippen molar-refractivity contribution in [3.05, 3.63) is 47.3 Å². The van der Waals surface area contributed by atoms with Gasteiger partial charge < -0.3 is 14.7 Å². The zero-order valence-electron chi connectivity index (χ0n) is 13.8. The van der Waals surface area contributed by atoms with Gasteiger partial charge in [0.15, 0.2) is 5.69 Å². The summed E-state index contributed by atoms with van der Waals surface area (Å²) in [6, 6.07) is 5.52. The average molecular weight is 361 g/mol. The van der Waals surface area contributed by atoms with Gasteiger partial charge in [-0.25, -0.2) is 9.51 Å². The van der Waals surface area contributed by atoms with Crippen LogP contribution in [0.2, 0.25) is 0 Å². The van der Waals surface area contributed by atoms with E-state index in [0.29, 0.717) is 30.2 Å². The normalized spacial score (nSPS) is 16.5. The highest BCUT2D eigenvalue weighted by molar-refractivity contribution is 6.52. The Morgan fingerprint density at radius 2 is 2.16 bits per heavy atom. The monoisotopic (exact) mass is 360 g/mol. The van der Waals surface area contributed by atoms with Crippen LogP contribution in [0.3, 0.4) is 0 Å². The van der Waals surface area contributed by atoms with E-state index >= 15 is 0 Å². The Labute approximate surface area is 149 Å². The van der Waals surface area contributed by atoms with Gasteiger partial charge in [-0.1, -0.05) is 17.7 Å². The molecule has 1 N–H and O–H groups in total. The van der Waals surface area contributed by atoms with Crippen molar-refractivity contribution in [3.8, 4) is 5.88 Å². The van der Waals surface area contributed by atoms with Gasteiger partial charge in [-0.05, 0) is 32.3 Å². The second kappa shape index (κ2) is 7.08. The van der Waals surface area contributed by atoms with Crippen molar-refractivity contribution in [1.29, 1.82) is 0 Å². The number of ether oxygens (including phenoxy) is 1. The number of nitrogens with zero attached hydrogens (tertiary/aromatic N) is 4. The Bertz CT molecular complexity index is 912. The van der Waals surface area contributed by atoms with Gasteiger partial charge >= 0.3 is 0 Å². The Hall–Kier alpha value is -2.64. The number of likely N-dealkylation sites (N-methyl/N-ethyl adjacent to an activating group) is 1. The zero-order valence-corrected chi connectivity index (χ0v) is 14.6. The lowest BCUT2D eigenvalue weighted by Gasteiger charge is -2.10. The quantitative estimate of drug-likeness (QED) is 0.829. The molecule has 0 aliphatic heterocycles. The predicted molar refractivity (Wildman–Crippen MR) is 96.0 cm³/mol. The SMILES string of the molecule is CN(C)CCOc1nn2ccccc2c1N=C1C=C(Cl)C(O)=CC1=O. The van der Waals surface area contributed by atoms with Crippen LogP contribution in [0.25, 0.3) is 5.52 Å². The van der Waals surface area contributed by atoms with Gasteiger partial charge in [0.05, 0.1) is 10.5 Å². The lowest BCUT2D eigenvalue weighted by Crippen LogP contribution is -2.19. The number of carbonyl (C=O) groups excluding carboxylic acids is 1. The van der Waals surface area contributed by atoms with Gasteiger partial charge in [-0.3, -0.25) is 4.79 Å². The van der Waals surface area contributed by atoms with E-state index in [2.05, 4.69) is 10.1 Å². The number of aromatic nitrogens is 2. The van der Waals surface area contributed by atoms with Gasteiger partial charge in [0.1, 0.15) is 18.1 Å². The van der Waals surface area contributed by atoms with Crippen LogP contribution in [0.4, 0.5) is 5.69 Å². The highest BCUT2D eigenvalue weighted by Gasteiger charge is 2.20. The van der Waals surface area contributed by atoms with E-state index in [0.717, 1.165) is 6.08 Å². The minimum atomic E-state index is -0.434. The standard InChI is InChI=1S/C17H17ClN4O3/c1-21(2)7-8-25-17-16(13-5-3-4-6-22(13)20-17)19-12-9-11(18)14(23)10-15(12)24/h3-6,9-10,23H,7-8H2,1-2H3. The predicted octanol–water partition coefficient (Wildman–Crippen LogP) is 2.49. The Morgan fingerprint density at radius 3 is 2.92 bits per heavy atom. The molecule has 8 heteroatoms. The fourth-order valence-corrected chi connectivity index (χ4v) is 2.39.